The van der Waals surface area contributed by atoms with Crippen LogP contribution in [0.5, 0.6) is 0 Å². The number of benzene rings is 9. The standard InChI is InChI=1S/C54H37NO/c1-54(47-22-10-7-19-44(47)45-20-8-11-23-48(45)54)49-35-34-43(52-46-21-9-12-25-51(46)56-53(49)52)39-28-26-36(27-29-39)37-30-32-41(33-31-37)55(40-16-3-2-4-17-40)50-24-13-15-38-14-5-6-18-42(38)50/h2-35H,1H3. The van der Waals surface area contributed by atoms with Crippen LogP contribution in [0.15, 0.2) is 211 Å². The molecule has 1 aliphatic carbocycles. The van der Waals surface area contributed by atoms with Crippen LogP contribution in [0.3, 0.4) is 0 Å². The molecule has 0 bridgehead atoms. The van der Waals surface area contributed by atoms with E-state index in [0.717, 1.165) is 44.6 Å². The Morgan fingerprint density at radius 3 is 1.68 bits per heavy atom. The zero-order valence-corrected chi connectivity index (χ0v) is 31.0. The van der Waals surface area contributed by atoms with Gasteiger partial charge in [-0.3, -0.25) is 0 Å². The van der Waals surface area contributed by atoms with Gasteiger partial charge in [-0.05, 0) is 93.2 Å². The van der Waals surface area contributed by atoms with E-state index in [9.17, 15) is 0 Å². The first-order valence-corrected chi connectivity index (χ1v) is 19.3. The smallest absolute Gasteiger partial charge is 0.140 e. The quantitative estimate of drug-likeness (QED) is 0.170. The normalized spacial score (nSPS) is 12.9. The molecule has 11 rings (SSSR count). The van der Waals surface area contributed by atoms with Crippen LogP contribution in [0, 0.1) is 0 Å². The van der Waals surface area contributed by atoms with Gasteiger partial charge >= 0.3 is 0 Å². The number of para-hydroxylation sites is 2. The van der Waals surface area contributed by atoms with Crippen molar-refractivity contribution in [1.82, 2.24) is 0 Å². The highest BCUT2D eigenvalue weighted by molar-refractivity contribution is 6.14. The van der Waals surface area contributed by atoms with Gasteiger partial charge in [0.1, 0.15) is 11.2 Å². The molecular formula is C54H37NO. The Kier molecular flexibility index (Phi) is 7.33. The van der Waals surface area contributed by atoms with Gasteiger partial charge in [-0.2, -0.15) is 0 Å². The Bertz CT molecular complexity index is 3030. The zero-order valence-electron chi connectivity index (χ0n) is 31.0. The van der Waals surface area contributed by atoms with Crippen molar-refractivity contribution >= 4 is 49.8 Å². The number of hydrogen-bond acceptors (Lipinski definition) is 2. The summed E-state index contributed by atoms with van der Waals surface area (Å²) in [6.45, 7) is 2.36. The summed E-state index contributed by atoms with van der Waals surface area (Å²) in [5.74, 6) is 0. The molecular weight excluding hydrogens is 679 g/mol. The van der Waals surface area contributed by atoms with Crippen molar-refractivity contribution < 1.29 is 4.42 Å². The number of furan rings is 1. The van der Waals surface area contributed by atoms with Gasteiger partial charge in [0.15, 0.2) is 0 Å². The highest BCUT2D eigenvalue weighted by Crippen LogP contribution is 2.55. The maximum absolute atomic E-state index is 6.86. The van der Waals surface area contributed by atoms with Crippen LogP contribution in [0.4, 0.5) is 17.1 Å². The van der Waals surface area contributed by atoms with E-state index in [4.69, 9.17) is 4.42 Å². The number of rotatable bonds is 6. The second kappa shape index (κ2) is 12.7. The lowest BCUT2D eigenvalue weighted by molar-refractivity contribution is 0.638. The topological polar surface area (TPSA) is 16.4 Å². The van der Waals surface area contributed by atoms with Crippen molar-refractivity contribution in [2.24, 2.45) is 0 Å². The van der Waals surface area contributed by atoms with Crippen LogP contribution in [0.1, 0.15) is 23.6 Å². The molecule has 0 saturated heterocycles. The number of hydrogen-bond donors (Lipinski definition) is 0. The first-order chi connectivity index (χ1) is 27.7. The molecule has 264 valence electrons. The summed E-state index contributed by atoms with van der Waals surface area (Å²) >= 11 is 0. The Hall–Kier alpha value is -7.16. The maximum atomic E-state index is 6.86. The van der Waals surface area contributed by atoms with Crippen molar-refractivity contribution in [3.63, 3.8) is 0 Å². The van der Waals surface area contributed by atoms with Crippen LogP contribution in [0.25, 0.3) is 66.1 Å². The molecule has 1 aromatic heterocycles. The molecule has 0 fully saturated rings. The Morgan fingerprint density at radius 2 is 0.946 bits per heavy atom. The first-order valence-electron chi connectivity index (χ1n) is 19.3. The molecule has 9 aromatic carbocycles. The molecule has 0 N–H and O–H groups in total. The molecule has 0 saturated carbocycles. The van der Waals surface area contributed by atoms with E-state index >= 15 is 0 Å². The van der Waals surface area contributed by atoms with Crippen molar-refractivity contribution in [2.75, 3.05) is 4.90 Å². The van der Waals surface area contributed by atoms with E-state index < -0.39 is 0 Å². The van der Waals surface area contributed by atoms with Gasteiger partial charge in [-0.25, -0.2) is 0 Å². The Balaban J connectivity index is 0.989. The van der Waals surface area contributed by atoms with E-state index in [2.05, 4.69) is 218 Å². The minimum atomic E-state index is -0.364. The fourth-order valence-corrected chi connectivity index (χ4v) is 9.26. The zero-order chi connectivity index (χ0) is 37.2. The van der Waals surface area contributed by atoms with Crippen LogP contribution in [-0.4, -0.2) is 0 Å². The van der Waals surface area contributed by atoms with Crippen LogP contribution >= 0.6 is 0 Å². The van der Waals surface area contributed by atoms with E-state index in [-0.39, 0.29) is 5.41 Å². The van der Waals surface area contributed by atoms with Gasteiger partial charge in [-0.15, -0.1) is 0 Å². The first kappa shape index (κ1) is 32.3. The fourth-order valence-electron chi connectivity index (χ4n) is 9.26. The average molecular weight is 716 g/mol. The molecule has 0 amide bonds. The lowest BCUT2D eigenvalue weighted by Crippen LogP contribution is -2.22. The summed E-state index contributed by atoms with van der Waals surface area (Å²) in [7, 11) is 0. The lowest BCUT2D eigenvalue weighted by atomic mass is 9.73. The van der Waals surface area contributed by atoms with Crippen molar-refractivity contribution in [1.29, 1.82) is 0 Å². The molecule has 0 spiro atoms. The molecule has 56 heavy (non-hydrogen) atoms. The summed E-state index contributed by atoms with van der Waals surface area (Å²) in [5.41, 5.74) is 16.0. The van der Waals surface area contributed by atoms with Gasteiger partial charge in [0, 0.05) is 38.5 Å². The van der Waals surface area contributed by atoms with Crippen LogP contribution in [-0.2, 0) is 5.41 Å². The van der Waals surface area contributed by atoms with E-state index in [1.165, 1.54) is 55.3 Å². The maximum Gasteiger partial charge on any atom is 0.140 e. The molecule has 0 aliphatic heterocycles. The van der Waals surface area contributed by atoms with Crippen molar-refractivity contribution in [3.05, 3.63) is 223 Å². The molecule has 2 nitrogen and oxygen atoms in total. The summed E-state index contributed by atoms with van der Waals surface area (Å²) < 4.78 is 6.86. The third-order valence-corrected chi connectivity index (χ3v) is 12.0. The van der Waals surface area contributed by atoms with Gasteiger partial charge in [0.25, 0.3) is 0 Å². The van der Waals surface area contributed by atoms with Crippen LogP contribution in [0.2, 0.25) is 0 Å². The monoisotopic (exact) mass is 715 g/mol. The fraction of sp³-hybridized carbons (Fsp3) is 0.0370. The third-order valence-electron chi connectivity index (χ3n) is 12.0. The second-order valence-electron chi connectivity index (χ2n) is 15.0. The lowest BCUT2D eigenvalue weighted by Gasteiger charge is -2.28. The van der Waals surface area contributed by atoms with Gasteiger partial charge in [0.05, 0.1) is 5.69 Å². The van der Waals surface area contributed by atoms with Crippen molar-refractivity contribution in [3.8, 4) is 33.4 Å². The van der Waals surface area contributed by atoms with E-state index in [0.29, 0.717) is 0 Å². The minimum absolute atomic E-state index is 0.364. The summed E-state index contributed by atoms with van der Waals surface area (Å²) in [6, 6.07) is 74.5. The minimum Gasteiger partial charge on any atom is -0.456 e. The Morgan fingerprint density at radius 1 is 0.393 bits per heavy atom. The second-order valence-corrected chi connectivity index (χ2v) is 15.0. The largest absolute Gasteiger partial charge is 0.456 e. The van der Waals surface area contributed by atoms with Gasteiger partial charge < -0.3 is 9.32 Å². The highest BCUT2D eigenvalue weighted by atomic mass is 16.3. The molecule has 2 heteroatoms. The predicted octanol–water partition coefficient (Wildman–Crippen LogP) is 14.9. The number of nitrogens with zero attached hydrogens (tertiary/aromatic N) is 1. The number of fused-ring (bicyclic) bond motifs is 7. The average Bonchev–Trinajstić information content (AvgIpc) is 3.78. The number of anilines is 3. The molecule has 0 radical (unpaired) electrons. The SMILES string of the molecule is CC1(c2ccc(-c3ccc(-c4ccc(N(c5ccccc5)c5cccc6ccccc56)cc4)cc3)c3c2oc2ccccc23)c2ccccc2-c2ccccc21. The van der Waals surface area contributed by atoms with Gasteiger partial charge in [0.2, 0.25) is 0 Å². The molecule has 1 aliphatic rings. The molecule has 10 aromatic rings. The molecule has 0 atom stereocenters. The van der Waals surface area contributed by atoms with E-state index in [1.54, 1.807) is 0 Å². The highest BCUT2D eigenvalue weighted by Gasteiger charge is 2.42. The Labute approximate surface area is 326 Å². The van der Waals surface area contributed by atoms with Crippen molar-refractivity contribution in [2.45, 2.75) is 12.3 Å². The molecule has 1 heterocycles. The summed E-state index contributed by atoms with van der Waals surface area (Å²) in [4.78, 5) is 2.35. The summed E-state index contributed by atoms with van der Waals surface area (Å²) in [5, 5.41) is 4.74. The molecule has 0 unspecified atom stereocenters. The predicted molar refractivity (Wildman–Crippen MR) is 234 cm³/mol. The van der Waals surface area contributed by atoms with E-state index in [1.807, 2.05) is 0 Å². The summed E-state index contributed by atoms with van der Waals surface area (Å²) in [6.07, 6.45) is 0. The van der Waals surface area contributed by atoms with Gasteiger partial charge in [-0.1, -0.05) is 170 Å². The third kappa shape index (κ3) is 4.89. The van der Waals surface area contributed by atoms with Crippen LogP contribution < -0.4 is 4.90 Å².